The van der Waals surface area contributed by atoms with Gasteiger partial charge in [-0.05, 0) is 23.6 Å². The van der Waals surface area contributed by atoms with Crippen LogP contribution in [0.4, 0.5) is 5.69 Å². The van der Waals surface area contributed by atoms with E-state index in [4.69, 9.17) is 0 Å². The Morgan fingerprint density at radius 2 is 1.95 bits per heavy atom. The van der Waals surface area contributed by atoms with Gasteiger partial charge in [0.05, 0.1) is 17.4 Å². The molecule has 0 saturated heterocycles. The number of hydrogen-bond donors (Lipinski definition) is 1. The Morgan fingerprint density at radius 3 is 2.55 bits per heavy atom. The van der Waals surface area contributed by atoms with Crippen LogP contribution in [0.5, 0.6) is 0 Å². The summed E-state index contributed by atoms with van der Waals surface area (Å²) < 4.78 is 1.95. The van der Waals surface area contributed by atoms with Crippen molar-refractivity contribution in [3.8, 4) is 0 Å². The smallest absolute Gasteiger partial charge is 0.224 e. The summed E-state index contributed by atoms with van der Waals surface area (Å²) in [5.74, 6) is 0.0396. The van der Waals surface area contributed by atoms with Crippen LogP contribution in [-0.4, -0.2) is 15.5 Å². The maximum atomic E-state index is 11.8. The Labute approximate surface area is 121 Å². The van der Waals surface area contributed by atoms with E-state index in [1.54, 1.807) is 6.33 Å². The van der Waals surface area contributed by atoms with Crippen LogP contribution in [0, 0.1) is 5.41 Å². The second kappa shape index (κ2) is 6.55. The first-order valence-electron chi connectivity index (χ1n) is 7.06. The molecule has 110 valence electrons. The molecule has 1 amide bonds. The third-order valence-corrected chi connectivity index (χ3v) is 2.70. The van der Waals surface area contributed by atoms with E-state index >= 15 is 0 Å². The number of carbonyl (C=O) groups is 1. The van der Waals surface area contributed by atoms with E-state index in [0.717, 1.165) is 16.7 Å². The summed E-state index contributed by atoms with van der Waals surface area (Å²) in [5.41, 5.74) is 2.75. The second-order valence-corrected chi connectivity index (χ2v) is 5.84. The fraction of sp³-hybridized carbons (Fsp3) is 0.500. The summed E-state index contributed by atoms with van der Waals surface area (Å²) in [6.07, 6.45) is 2.28. The number of amides is 1. The third kappa shape index (κ3) is 4.37. The average molecular weight is 275 g/mol. The van der Waals surface area contributed by atoms with Crippen LogP contribution in [0.3, 0.4) is 0 Å². The molecule has 4 nitrogen and oxygen atoms in total. The molecule has 1 aromatic carbocycles. The summed E-state index contributed by atoms with van der Waals surface area (Å²) in [6, 6.07) is 5.77. The summed E-state index contributed by atoms with van der Waals surface area (Å²) >= 11 is 0. The number of hydrogen-bond acceptors (Lipinski definition) is 2. The molecule has 1 aromatic heterocycles. The number of aromatic nitrogens is 2. The van der Waals surface area contributed by atoms with Gasteiger partial charge in [0.1, 0.15) is 0 Å². The molecule has 0 aliphatic carbocycles. The van der Waals surface area contributed by atoms with Gasteiger partial charge in [-0.1, -0.05) is 34.6 Å². The van der Waals surface area contributed by atoms with Gasteiger partial charge in [0.15, 0.2) is 0 Å². The monoisotopic (exact) mass is 275 g/mol. The molecular weight excluding hydrogens is 250 g/mol. The van der Waals surface area contributed by atoms with Crippen LogP contribution < -0.4 is 5.32 Å². The molecule has 0 atom stereocenters. The van der Waals surface area contributed by atoms with Gasteiger partial charge in [0, 0.05) is 19.2 Å². The van der Waals surface area contributed by atoms with Gasteiger partial charge in [-0.2, -0.15) is 0 Å². The number of benzene rings is 1. The van der Waals surface area contributed by atoms with Crippen LogP contribution in [0.25, 0.3) is 11.0 Å². The molecule has 0 bridgehead atoms. The number of fused-ring (bicyclic) bond motifs is 1. The molecule has 0 radical (unpaired) electrons. The first-order chi connectivity index (χ1) is 9.35. The first kappa shape index (κ1) is 16.2. The molecule has 2 aromatic rings. The van der Waals surface area contributed by atoms with Crippen LogP contribution in [0.15, 0.2) is 24.5 Å². The molecule has 20 heavy (non-hydrogen) atoms. The van der Waals surface area contributed by atoms with E-state index in [1.165, 1.54) is 0 Å². The predicted molar refractivity (Wildman–Crippen MR) is 84.8 cm³/mol. The number of nitrogens with zero attached hydrogens (tertiary/aromatic N) is 2. The van der Waals surface area contributed by atoms with Crippen molar-refractivity contribution < 1.29 is 4.79 Å². The Hall–Kier alpha value is -1.84. The number of aryl methyl sites for hydroxylation is 1. The molecule has 0 aliphatic rings. The van der Waals surface area contributed by atoms with Crippen LogP contribution in [0.1, 0.15) is 41.0 Å². The highest BCUT2D eigenvalue weighted by Gasteiger charge is 2.16. The van der Waals surface area contributed by atoms with Gasteiger partial charge < -0.3 is 9.88 Å². The van der Waals surface area contributed by atoms with Gasteiger partial charge >= 0.3 is 0 Å². The van der Waals surface area contributed by atoms with Crippen molar-refractivity contribution in [1.29, 1.82) is 0 Å². The SMILES string of the molecule is CC.Cn1cnc2cc(NC(=O)CC(C)(C)C)ccc21. The maximum Gasteiger partial charge on any atom is 0.224 e. The van der Waals surface area contributed by atoms with Crippen molar-refractivity contribution >= 4 is 22.6 Å². The molecule has 2 rings (SSSR count). The largest absolute Gasteiger partial charge is 0.334 e. The topological polar surface area (TPSA) is 46.9 Å². The summed E-state index contributed by atoms with van der Waals surface area (Å²) in [7, 11) is 1.95. The average Bonchev–Trinajstić information content (AvgIpc) is 2.71. The van der Waals surface area contributed by atoms with Crippen molar-refractivity contribution in [3.63, 3.8) is 0 Å². The zero-order chi connectivity index (χ0) is 15.3. The summed E-state index contributed by atoms with van der Waals surface area (Å²) in [4.78, 5) is 16.1. The second-order valence-electron chi connectivity index (χ2n) is 5.84. The Balaban J connectivity index is 0.000000956. The fourth-order valence-corrected chi connectivity index (χ4v) is 1.90. The van der Waals surface area contributed by atoms with Gasteiger partial charge in [0.25, 0.3) is 0 Å². The number of rotatable bonds is 2. The highest BCUT2D eigenvalue weighted by molar-refractivity contribution is 5.93. The van der Waals surface area contributed by atoms with E-state index in [0.29, 0.717) is 6.42 Å². The van der Waals surface area contributed by atoms with E-state index in [-0.39, 0.29) is 11.3 Å². The quantitative estimate of drug-likeness (QED) is 0.901. The lowest BCUT2D eigenvalue weighted by molar-refractivity contribution is -0.117. The number of nitrogens with one attached hydrogen (secondary N) is 1. The van der Waals surface area contributed by atoms with Gasteiger partial charge in [0.2, 0.25) is 5.91 Å². The molecule has 1 heterocycles. The normalized spacial score (nSPS) is 10.9. The molecule has 0 fully saturated rings. The molecule has 0 spiro atoms. The minimum Gasteiger partial charge on any atom is -0.334 e. The zero-order valence-corrected chi connectivity index (χ0v) is 13.3. The Morgan fingerprint density at radius 1 is 1.30 bits per heavy atom. The highest BCUT2D eigenvalue weighted by Crippen LogP contribution is 2.21. The number of carbonyl (C=O) groups excluding carboxylic acids is 1. The Kier molecular flexibility index (Phi) is 5.31. The molecule has 0 saturated carbocycles. The minimum atomic E-state index is -0.000812. The number of anilines is 1. The van der Waals surface area contributed by atoms with Crippen molar-refractivity contribution in [3.05, 3.63) is 24.5 Å². The van der Waals surface area contributed by atoms with Crippen LogP contribution in [-0.2, 0) is 11.8 Å². The van der Waals surface area contributed by atoms with Gasteiger partial charge in [-0.15, -0.1) is 0 Å². The minimum absolute atomic E-state index is 0.000812. The first-order valence-corrected chi connectivity index (χ1v) is 7.06. The Bertz CT molecular complexity index is 579. The van der Waals surface area contributed by atoms with Crippen molar-refractivity contribution in [2.45, 2.75) is 41.0 Å². The lowest BCUT2D eigenvalue weighted by Crippen LogP contribution is -2.19. The van der Waals surface area contributed by atoms with Crippen LogP contribution >= 0.6 is 0 Å². The van der Waals surface area contributed by atoms with Crippen LogP contribution in [0.2, 0.25) is 0 Å². The van der Waals surface area contributed by atoms with Crippen molar-refractivity contribution in [2.24, 2.45) is 12.5 Å². The maximum absolute atomic E-state index is 11.8. The van der Waals surface area contributed by atoms with E-state index in [2.05, 4.69) is 31.1 Å². The van der Waals surface area contributed by atoms with Crippen molar-refractivity contribution in [2.75, 3.05) is 5.32 Å². The lowest BCUT2D eigenvalue weighted by Gasteiger charge is -2.17. The standard InChI is InChI=1S/C14H19N3O.C2H6/c1-14(2,3)8-13(18)16-10-5-6-12-11(7-10)15-9-17(12)4;1-2/h5-7,9H,8H2,1-4H3,(H,16,18);1-2H3. The molecular formula is C16H25N3O. The highest BCUT2D eigenvalue weighted by atomic mass is 16.1. The third-order valence-electron chi connectivity index (χ3n) is 2.70. The number of imidazole rings is 1. The van der Waals surface area contributed by atoms with E-state index in [9.17, 15) is 4.79 Å². The molecule has 4 heteroatoms. The summed E-state index contributed by atoms with van der Waals surface area (Å²) in [5, 5.41) is 2.91. The summed E-state index contributed by atoms with van der Waals surface area (Å²) in [6.45, 7) is 10.2. The molecule has 0 aliphatic heterocycles. The van der Waals surface area contributed by atoms with E-state index < -0.39 is 0 Å². The van der Waals surface area contributed by atoms with Crippen molar-refractivity contribution in [1.82, 2.24) is 9.55 Å². The fourth-order valence-electron chi connectivity index (χ4n) is 1.90. The van der Waals surface area contributed by atoms with E-state index in [1.807, 2.05) is 43.7 Å². The molecule has 0 unspecified atom stereocenters. The van der Waals surface area contributed by atoms with Gasteiger partial charge in [-0.25, -0.2) is 4.98 Å². The van der Waals surface area contributed by atoms with Gasteiger partial charge in [-0.3, -0.25) is 4.79 Å². The molecule has 1 N–H and O–H groups in total. The lowest BCUT2D eigenvalue weighted by atomic mass is 9.92. The predicted octanol–water partition coefficient (Wildman–Crippen LogP) is 3.97. The zero-order valence-electron chi connectivity index (χ0n) is 13.3.